The summed E-state index contributed by atoms with van der Waals surface area (Å²) >= 11 is 0. The van der Waals surface area contributed by atoms with E-state index in [-0.39, 0.29) is 17.6 Å². The van der Waals surface area contributed by atoms with Gasteiger partial charge >= 0.3 is 0 Å². The van der Waals surface area contributed by atoms with Gasteiger partial charge in [-0.15, -0.1) is 0 Å². The first kappa shape index (κ1) is 10.6. The Labute approximate surface area is 84.0 Å². The van der Waals surface area contributed by atoms with Crippen molar-refractivity contribution in [1.29, 1.82) is 0 Å². The Morgan fingerprint density at radius 2 is 1.93 bits per heavy atom. The zero-order valence-corrected chi connectivity index (χ0v) is 8.69. The van der Waals surface area contributed by atoms with Gasteiger partial charge in [0.05, 0.1) is 5.69 Å². The Bertz CT molecular complexity index is 334. The lowest BCUT2D eigenvalue weighted by Gasteiger charge is -2.20. The molecule has 0 saturated heterocycles. The molecule has 0 heterocycles. The van der Waals surface area contributed by atoms with Crippen molar-refractivity contribution in [2.24, 2.45) is 5.92 Å². The lowest BCUT2D eigenvalue weighted by molar-refractivity contribution is -0.121. The minimum atomic E-state index is -0.0698. The molecule has 76 valence electrons. The molecule has 0 saturated carbocycles. The summed E-state index contributed by atoms with van der Waals surface area (Å²) < 4.78 is 0. The highest BCUT2D eigenvalue weighted by Crippen LogP contribution is 2.26. The third kappa shape index (κ3) is 2.05. The molecule has 0 spiro atoms. The predicted octanol–water partition coefficient (Wildman–Crippen LogP) is 2.01. The smallest absolute Gasteiger partial charge is 0.229 e. The van der Waals surface area contributed by atoms with Crippen LogP contribution in [0.25, 0.3) is 0 Å². The minimum absolute atomic E-state index is 0.00787. The maximum Gasteiger partial charge on any atom is 0.229 e. The quantitative estimate of drug-likeness (QED) is 0.780. The number of carbonyl (C=O) groups excluding carboxylic acids is 1. The van der Waals surface area contributed by atoms with E-state index in [1.54, 1.807) is 31.3 Å². The van der Waals surface area contributed by atoms with E-state index in [2.05, 4.69) is 0 Å². The van der Waals surface area contributed by atoms with Gasteiger partial charge in [-0.05, 0) is 12.1 Å². The Kier molecular flexibility index (Phi) is 3.12. The van der Waals surface area contributed by atoms with Crippen LogP contribution in [-0.4, -0.2) is 18.1 Å². The number of benzene rings is 1. The van der Waals surface area contributed by atoms with E-state index >= 15 is 0 Å². The number of amides is 1. The zero-order chi connectivity index (χ0) is 10.7. The Morgan fingerprint density at radius 1 is 1.36 bits per heavy atom. The third-order valence-electron chi connectivity index (χ3n) is 2.07. The number of phenols is 1. The van der Waals surface area contributed by atoms with Gasteiger partial charge in [-0.2, -0.15) is 0 Å². The fourth-order valence-electron chi connectivity index (χ4n) is 1.25. The second kappa shape index (κ2) is 4.13. The summed E-state index contributed by atoms with van der Waals surface area (Å²) in [7, 11) is 1.66. The van der Waals surface area contributed by atoms with Gasteiger partial charge in [0, 0.05) is 13.0 Å². The standard InChI is InChI=1S/C11H15NO2/c1-8(2)11(14)12(3)9-6-4-5-7-10(9)13/h4-8,13H,1-3H3. The van der Waals surface area contributed by atoms with Gasteiger partial charge in [-0.3, -0.25) is 4.79 Å². The largest absolute Gasteiger partial charge is 0.506 e. The third-order valence-corrected chi connectivity index (χ3v) is 2.07. The molecule has 1 aromatic rings. The molecule has 0 atom stereocenters. The highest BCUT2D eigenvalue weighted by Gasteiger charge is 2.16. The van der Waals surface area contributed by atoms with Crippen LogP contribution in [0.3, 0.4) is 0 Å². The number of hydrogen-bond donors (Lipinski definition) is 1. The lowest BCUT2D eigenvalue weighted by atomic mass is 10.2. The molecule has 0 aliphatic rings. The first-order chi connectivity index (χ1) is 6.54. The van der Waals surface area contributed by atoms with Gasteiger partial charge in [0.15, 0.2) is 0 Å². The summed E-state index contributed by atoms with van der Waals surface area (Å²) in [6.45, 7) is 3.66. The van der Waals surface area contributed by atoms with Crippen molar-refractivity contribution in [3.8, 4) is 5.75 Å². The van der Waals surface area contributed by atoms with E-state index in [4.69, 9.17) is 0 Å². The summed E-state index contributed by atoms with van der Waals surface area (Å²) in [5.41, 5.74) is 0.547. The molecule has 3 nitrogen and oxygen atoms in total. The summed E-state index contributed by atoms with van der Waals surface area (Å²) in [4.78, 5) is 13.1. The molecule has 0 bridgehead atoms. The molecule has 1 aromatic carbocycles. The van der Waals surface area contributed by atoms with E-state index < -0.39 is 0 Å². The monoisotopic (exact) mass is 193 g/mol. The van der Waals surface area contributed by atoms with Crippen LogP contribution in [0.5, 0.6) is 5.75 Å². The molecule has 0 unspecified atom stereocenters. The van der Waals surface area contributed by atoms with Crippen molar-refractivity contribution in [2.45, 2.75) is 13.8 Å². The Balaban J connectivity index is 2.95. The number of hydrogen-bond acceptors (Lipinski definition) is 2. The normalized spacial score (nSPS) is 10.3. The van der Waals surface area contributed by atoms with Crippen LogP contribution in [0, 0.1) is 5.92 Å². The molecular formula is C11H15NO2. The molecule has 1 rings (SSSR count). The van der Waals surface area contributed by atoms with Crippen LogP contribution >= 0.6 is 0 Å². The van der Waals surface area contributed by atoms with Crippen molar-refractivity contribution in [2.75, 3.05) is 11.9 Å². The Morgan fingerprint density at radius 3 is 2.43 bits per heavy atom. The fourth-order valence-corrected chi connectivity index (χ4v) is 1.25. The Hall–Kier alpha value is -1.51. The van der Waals surface area contributed by atoms with Gasteiger partial charge in [0.25, 0.3) is 0 Å². The van der Waals surface area contributed by atoms with Crippen LogP contribution in [0.4, 0.5) is 5.69 Å². The van der Waals surface area contributed by atoms with Crippen molar-refractivity contribution < 1.29 is 9.90 Å². The number of aromatic hydroxyl groups is 1. The molecular weight excluding hydrogens is 178 g/mol. The first-order valence-corrected chi connectivity index (χ1v) is 4.59. The molecule has 3 heteroatoms. The first-order valence-electron chi connectivity index (χ1n) is 4.59. The highest BCUT2D eigenvalue weighted by atomic mass is 16.3. The van der Waals surface area contributed by atoms with Crippen LogP contribution in [0.2, 0.25) is 0 Å². The van der Waals surface area contributed by atoms with Gasteiger partial charge in [-0.25, -0.2) is 0 Å². The molecule has 0 aliphatic heterocycles. The second-order valence-corrected chi connectivity index (χ2v) is 3.54. The van der Waals surface area contributed by atoms with Gasteiger partial charge in [0.1, 0.15) is 5.75 Å². The van der Waals surface area contributed by atoms with Gasteiger partial charge < -0.3 is 10.0 Å². The molecule has 1 amide bonds. The van der Waals surface area contributed by atoms with Crippen LogP contribution in [0.1, 0.15) is 13.8 Å². The number of anilines is 1. The van der Waals surface area contributed by atoms with E-state index in [0.717, 1.165) is 0 Å². The van der Waals surface area contributed by atoms with Crippen molar-refractivity contribution in [3.63, 3.8) is 0 Å². The highest BCUT2D eigenvalue weighted by molar-refractivity contribution is 5.95. The van der Waals surface area contributed by atoms with Gasteiger partial charge in [0.2, 0.25) is 5.91 Å². The summed E-state index contributed by atoms with van der Waals surface area (Å²) in [6.07, 6.45) is 0. The zero-order valence-electron chi connectivity index (χ0n) is 8.69. The van der Waals surface area contributed by atoms with E-state index in [9.17, 15) is 9.90 Å². The van der Waals surface area contributed by atoms with E-state index in [1.807, 2.05) is 13.8 Å². The number of carbonyl (C=O) groups is 1. The second-order valence-electron chi connectivity index (χ2n) is 3.54. The fraction of sp³-hybridized carbons (Fsp3) is 0.364. The molecule has 1 N–H and O–H groups in total. The van der Waals surface area contributed by atoms with Gasteiger partial charge in [-0.1, -0.05) is 26.0 Å². The summed E-state index contributed by atoms with van der Waals surface area (Å²) in [5.74, 6) is 0.0510. The molecule has 0 radical (unpaired) electrons. The van der Waals surface area contributed by atoms with E-state index in [1.165, 1.54) is 4.90 Å². The number of rotatable bonds is 2. The van der Waals surface area contributed by atoms with Crippen molar-refractivity contribution >= 4 is 11.6 Å². The maximum atomic E-state index is 11.6. The number of nitrogens with zero attached hydrogens (tertiary/aromatic N) is 1. The lowest BCUT2D eigenvalue weighted by Crippen LogP contribution is -2.30. The van der Waals surface area contributed by atoms with Crippen molar-refractivity contribution in [3.05, 3.63) is 24.3 Å². The molecule has 0 aliphatic carbocycles. The number of para-hydroxylation sites is 2. The average Bonchev–Trinajstić information content (AvgIpc) is 2.16. The van der Waals surface area contributed by atoms with E-state index in [0.29, 0.717) is 5.69 Å². The summed E-state index contributed by atoms with van der Waals surface area (Å²) in [6, 6.07) is 6.81. The SMILES string of the molecule is CC(C)C(=O)N(C)c1ccccc1O. The molecule has 0 fully saturated rings. The predicted molar refractivity (Wildman–Crippen MR) is 56.4 cm³/mol. The van der Waals surface area contributed by atoms with Crippen LogP contribution in [-0.2, 0) is 4.79 Å². The molecule has 0 aromatic heterocycles. The maximum absolute atomic E-state index is 11.6. The minimum Gasteiger partial charge on any atom is -0.506 e. The summed E-state index contributed by atoms with van der Waals surface area (Å²) in [5, 5.41) is 9.52. The number of phenolic OH excluding ortho intramolecular Hbond substituents is 1. The van der Waals surface area contributed by atoms with Crippen LogP contribution in [0.15, 0.2) is 24.3 Å². The molecule has 14 heavy (non-hydrogen) atoms. The van der Waals surface area contributed by atoms with Crippen LogP contribution < -0.4 is 4.90 Å². The average molecular weight is 193 g/mol. The topological polar surface area (TPSA) is 40.5 Å². The van der Waals surface area contributed by atoms with Crippen molar-refractivity contribution in [1.82, 2.24) is 0 Å².